The standard InChI is InChI=1S/C19H20N4O4S/c1-20(2)28(26,27)21-11-13-10-16(21)17-18(24)23(19(25)22(13)17)15-9-5-7-12-6-3-4-8-14(12)15/h3-9,13,16,24H,10-11H2,1-2H3/t13-,16?/m1/s1. The Balaban J connectivity index is 1.72. The van der Waals surface area contributed by atoms with Crippen LogP contribution in [0, 0.1) is 0 Å². The minimum atomic E-state index is -3.64. The molecule has 2 aliphatic heterocycles. The molecule has 146 valence electrons. The highest BCUT2D eigenvalue weighted by atomic mass is 32.2. The molecule has 0 amide bonds. The van der Waals surface area contributed by atoms with Gasteiger partial charge in [-0.15, -0.1) is 0 Å². The third-order valence-electron chi connectivity index (χ3n) is 5.78. The number of imidazole rings is 1. The van der Waals surface area contributed by atoms with Gasteiger partial charge in [0.05, 0.1) is 17.8 Å². The summed E-state index contributed by atoms with van der Waals surface area (Å²) in [6.07, 6.45) is 0.502. The van der Waals surface area contributed by atoms with Gasteiger partial charge in [0.15, 0.2) is 0 Å². The van der Waals surface area contributed by atoms with Crippen LogP contribution in [0.15, 0.2) is 47.3 Å². The van der Waals surface area contributed by atoms with Gasteiger partial charge in [0.2, 0.25) is 5.88 Å². The van der Waals surface area contributed by atoms with Crippen molar-refractivity contribution in [3.63, 3.8) is 0 Å². The number of rotatable bonds is 3. The second-order valence-corrected chi connectivity index (χ2v) is 9.56. The zero-order chi connectivity index (χ0) is 19.8. The summed E-state index contributed by atoms with van der Waals surface area (Å²) in [6, 6.07) is 12.4. The molecule has 0 aliphatic carbocycles. The smallest absolute Gasteiger partial charge is 0.336 e. The molecule has 1 unspecified atom stereocenters. The monoisotopic (exact) mass is 400 g/mol. The Hall–Kier alpha value is -2.62. The van der Waals surface area contributed by atoms with Gasteiger partial charge < -0.3 is 5.11 Å². The van der Waals surface area contributed by atoms with E-state index in [1.807, 2.05) is 36.4 Å². The van der Waals surface area contributed by atoms with Crippen molar-refractivity contribution in [3.8, 4) is 11.6 Å². The molecule has 3 heterocycles. The summed E-state index contributed by atoms with van der Waals surface area (Å²) < 4.78 is 30.7. The predicted molar refractivity (Wildman–Crippen MR) is 105 cm³/mol. The lowest BCUT2D eigenvalue weighted by Crippen LogP contribution is -2.43. The normalized spacial score (nSPS) is 21.7. The van der Waals surface area contributed by atoms with E-state index in [9.17, 15) is 18.3 Å². The average Bonchev–Trinajstić information content (AvgIpc) is 3.33. The molecule has 0 spiro atoms. The van der Waals surface area contributed by atoms with Crippen LogP contribution in [0.1, 0.15) is 24.2 Å². The first-order valence-corrected chi connectivity index (χ1v) is 10.5. The van der Waals surface area contributed by atoms with Gasteiger partial charge in [-0.05, 0) is 17.9 Å². The molecular weight excluding hydrogens is 380 g/mol. The second-order valence-electron chi connectivity index (χ2n) is 7.46. The van der Waals surface area contributed by atoms with Crippen LogP contribution in [0.2, 0.25) is 0 Å². The molecular formula is C19H20N4O4S. The first-order chi connectivity index (χ1) is 13.3. The molecule has 0 radical (unpaired) electrons. The van der Waals surface area contributed by atoms with Gasteiger partial charge in [0.25, 0.3) is 10.2 Å². The van der Waals surface area contributed by atoms with E-state index < -0.39 is 16.3 Å². The summed E-state index contributed by atoms with van der Waals surface area (Å²) in [6.45, 7) is 0.233. The van der Waals surface area contributed by atoms with E-state index in [1.165, 1.54) is 23.0 Å². The Labute approximate surface area is 162 Å². The van der Waals surface area contributed by atoms with Crippen molar-refractivity contribution in [2.75, 3.05) is 20.6 Å². The van der Waals surface area contributed by atoms with Crippen molar-refractivity contribution in [1.82, 2.24) is 17.7 Å². The summed E-state index contributed by atoms with van der Waals surface area (Å²) in [5.41, 5.74) is 0.627. The number of aromatic nitrogens is 2. The van der Waals surface area contributed by atoms with E-state index in [1.54, 1.807) is 10.6 Å². The molecule has 9 heteroatoms. The van der Waals surface area contributed by atoms with Gasteiger partial charge >= 0.3 is 5.69 Å². The van der Waals surface area contributed by atoms with Gasteiger partial charge in [-0.1, -0.05) is 36.4 Å². The molecule has 1 aromatic heterocycles. The van der Waals surface area contributed by atoms with Crippen molar-refractivity contribution in [3.05, 3.63) is 58.6 Å². The fourth-order valence-electron chi connectivity index (χ4n) is 4.49. The van der Waals surface area contributed by atoms with Gasteiger partial charge in [-0.25, -0.2) is 9.36 Å². The Morgan fingerprint density at radius 1 is 1.11 bits per heavy atom. The molecule has 2 aliphatic rings. The van der Waals surface area contributed by atoms with E-state index in [0.717, 1.165) is 15.1 Å². The molecule has 5 rings (SSSR count). The largest absolute Gasteiger partial charge is 0.493 e. The van der Waals surface area contributed by atoms with E-state index >= 15 is 0 Å². The van der Waals surface area contributed by atoms with E-state index in [4.69, 9.17) is 0 Å². The zero-order valence-electron chi connectivity index (χ0n) is 15.5. The molecule has 0 saturated carbocycles. The van der Waals surface area contributed by atoms with Crippen molar-refractivity contribution >= 4 is 21.0 Å². The Kier molecular flexibility index (Phi) is 3.55. The van der Waals surface area contributed by atoms with E-state index in [-0.39, 0.29) is 24.2 Å². The zero-order valence-corrected chi connectivity index (χ0v) is 16.3. The van der Waals surface area contributed by atoms with Crippen molar-refractivity contribution in [2.24, 2.45) is 0 Å². The van der Waals surface area contributed by atoms with Gasteiger partial charge in [0, 0.05) is 26.0 Å². The third kappa shape index (κ3) is 2.12. The fourth-order valence-corrected chi connectivity index (χ4v) is 5.78. The number of aromatic hydroxyl groups is 1. The molecule has 3 aromatic rings. The summed E-state index contributed by atoms with van der Waals surface area (Å²) in [4.78, 5) is 13.2. The first-order valence-electron chi connectivity index (χ1n) is 9.06. The van der Waals surface area contributed by atoms with Crippen molar-refractivity contribution in [1.29, 1.82) is 0 Å². The summed E-state index contributed by atoms with van der Waals surface area (Å²) >= 11 is 0. The van der Waals surface area contributed by atoms with Gasteiger partial charge in [-0.2, -0.15) is 17.0 Å². The molecule has 1 N–H and O–H groups in total. The first kappa shape index (κ1) is 17.5. The maximum absolute atomic E-state index is 13.2. The third-order valence-corrected chi connectivity index (χ3v) is 7.70. The molecule has 2 bridgehead atoms. The van der Waals surface area contributed by atoms with Gasteiger partial charge in [0.1, 0.15) is 5.69 Å². The van der Waals surface area contributed by atoms with Crippen molar-refractivity contribution < 1.29 is 13.5 Å². The highest BCUT2D eigenvalue weighted by Gasteiger charge is 2.52. The average molecular weight is 400 g/mol. The van der Waals surface area contributed by atoms with Crippen molar-refractivity contribution in [2.45, 2.75) is 18.5 Å². The van der Waals surface area contributed by atoms with Gasteiger partial charge in [-0.3, -0.25) is 4.57 Å². The number of hydrogen-bond acceptors (Lipinski definition) is 4. The fraction of sp³-hybridized carbons (Fsp3) is 0.316. The molecule has 28 heavy (non-hydrogen) atoms. The van der Waals surface area contributed by atoms with E-state index in [0.29, 0.717) is 17.8 Å². The Morgan fingerprint density at radius 3 is 2.57 bits per heavy atom. The number of fused-ring (bicyclic) bond motifs is 6. The molecule has 1 fully saturated rings. The Bertz CT molecular complexity index is 1270. The highest BCUT2D eigenvalue weighted by molar-refractivity contribution is 7.86. The quantitative estimate of drug-likeness (QED) is 0.724. The maximum Gasteiger partial charge on any atom is 0.336 e. The minimum Gasteiger partial charge on any atom is -0.493 e. The van der Waals surface area contributed by atoms with Crippen LogP contribution in [0.25, 0.3) is 16.5 Å². The van der Waals surface area contributed by atoms with Crippen LogP contribution in [0.4, 0.5) is 0 Å². The van der Waals surface area contributed by atoms with Crippen LogP contribution in [-0.4, -0.2) is 51.9 Å². The number of benzene rings is 2. The van der Waals surface area contributed by atoms with Crippen LogP contribution in [0.3, 0.4) is 0 Å². The van der Waals surface area contributed by atoms with Crippen LogP contribution >= 0.6 is 0 Å². The molecule has 2 aromatic carbocycles. The highest BCUT2D eigenvalue weighted by Crippen LogP contribution is 2.50. The maximum atomic E-state index is 13.2. The van der Waals surface area contributed by atoms with E-state index in [2.05, 4.69) is 0 Å². The summed E-state index contributed by atoms with van der Waals surface area (Å²) in [7, 11) is -0.676. The van der Waals surface area contributed by atoms with Crippen LogP contribution < -0.4 is 5.69 Å². The second kappa shape index (κ2) is 5.69. The topological polar surface area (TPSA) is 87.8 Å². The number of nitrogens with zero attached hydrogens (tertiary/aromatic N) is 4. The minimum absolute atomic E-state index is 0.187. The Morgan fingerprint density at radius 2 is 1.82 bits per heavy atom. The SMILES string of the molecule is CN(C)S(=O)(=O)N1C[C@H]2CC1c1c(O)n(-c3cccc4ccccc34)c(=O)n12. The summed E-state index contributed by atoms with van der Waals surface area (Å²) in [5.74, 6) is -0.187. The van der Waals surface area contributed by atoms with Crippen LogP contribution in [0.5, 0.6) is 5.88 Å². The van der Waals surface area contributed by atoms with Crippen LogP contribution in [-0.2, 0) is 10.2 Å². The lowest BCUT2D eigenvalue weighted by atomic mass is 10.1. The lowest BCUT2D eigenvalue weighted by molar-refractivity contribution is 0.321. The molecule has 2 atom stereocenters. The summed E-state index contributed by atoms with van der Waals surface area (Å²) in [5, 5.41) is 12.8. The lowest BCUT2D eigenvalue weighted by Gasteiger charge is -2.29. The molecule has 1 saturated heterocycles. The molecule has 8 nitrogen and oxygen atoms in total. The number of hydrogen-bond donors (Lipinski definition) is 1. The predicted octanol–water partition coefficient (Wildman–Crippen LogP) is 1.61.